The molecular weight excluding hydrogens is 276 g/mol. The van der Waals surface area contributed by atoms with Gasteiger partial charge in [0.25, 0.3) is 0 Å². The summed E-state index contributed by atoms with van der Waals surface area (Å²) in [5.74, 6) is -0.0575. The van der Waals surface area contributed by atoms with Crippen molar-refractivity contribution < 1.29 is 4.79 Å². The monoisotopic (exact) mass is 292 g/mol. The van der Waals surface area contributed by atoms with Gasteiger partial charge in [0.2, 0.25) is 5.91 Å². The fourth-order valence-electron chi connectivity index (χ4n) is 1.78. The van der Waals surface area contributed by atoms with Crippen molar-refractivity contribution in [2.75, 3.05) is 4.90 Å². The second-order valence-corrected chi connectivity index (χ2v) is 5.34. The molecule has 1 amide bonds. The molecule has 106 valence electrons. The number of para-hydroxylation sites is 1. The van der Waals surface area contributed by atoms with Gasteiger partial charge in [0.15, 0.2) is 0 Å². The van der Waals surface area contributed by atoms with Crippen LogP contribution in [0.2, 0.25) is 0 Å². The van der Waals surface area contributed by atoms with Crippen LogP contribution in [0.1, 0.15) is 13.8 Å². The van der Waals surface area contributed by atoms with Gasteiger partial charge in [-0.2, -0.15) is 0 Å². The minimum atomic E-state index is -0.563. The van der Waals surface area contributed by atoms with Gasteiger partial charge in [-0.25, -0.2) is 0 Å². The van der Waals surface area contributed by atoms with Crippen LogP contribution in [-0.2, 0) is 11.5 Å². The normalized spacial score (nSPS) is 12.4. The van der Waals surface area contributed by atoms with Gasteiger partial charge in [-0.3, -0.25) is 9.69 Å². The van der Waals surface area contributed by atoms with Gasteiger partial charge in [-0.05, 0) is 18.1 Å². The Balaban J connectivity index is 2.27. The topological polar surface area (TPSA) is 51.0 Å². The van der Waals surface area contributed by atoms with Crippen molar-refractivity contribution in [3.63, 3.8) is 0 Å². The zero-order chi connectivity index (χ0) is 14.5. The molecule has 0 aliphatic carbocycles. The van der Waals surface area contributed by atoms with Crippen LogP contribution < -0.4 is 4.90 Å². The highest BCUT2D eigenvalue weighted by Crippen LogP contribution is 2.20. The lowest BCUT2D eigenvalue weighted by Gasteiger charge is -2.26. The maximum absolute atomic E-state index is 12.6. The SMILES string of the molecule is CC(C)C(Cl)C(=O)N(Cn1cnnc1)c1ccccc1. The van der Waals surface area contributed by atoms with E-state index in [0.717, 1.165) is 5.69 Å². The van der Waals surface area contributed by atoms with Crippen LogP contribution in [-0.4, -0.2) is 26.0 Å². The molecule has 0 spiro atoms. The summed E-state index contributed by atoms with van der Waals surface area (Å²) in [4.78, 5) is 14.2. The van der Waals surface area contributed by atoms with E-state index in [-0.39, 0.29) is 11.8 Å². The van der Waals surface area contributed by atoms with E-state index in [1.54, 1.807) is 22.1 Å². The number of halogens is 1. The average Bonchev–Trinajstić information content (AvgIpc) is 2.97. The average molecular weight is 293 g/mol. The highest BCUT2D eigenvalue weighted by Gasteiger charge is 2.26. The highest BCUT2D eigenvalue weighted by atomic mass is 35.5. The molecule has 2 rings (SSSR count). The highest BCUT2D eigenvalue weighted by molar-refractivity contribution is 6.32. The zero-order valence-corrected chi connectivity index (χ0v) is 12.2. The summed E-state index contributed by atoms with van der Waals surface area (Å²) in [6, 6.07) is 9.45. The van der Waals surface area contributed by atoms with Gasteiger partial charge in [0.1, 0.15) is 24.7 Å². The number of amides is 1. The molecule has 20 heavy (non-hydrogen) atoms. The number of carbonyl (C=O) groups is 1. The van der Waals surface area contributed by atoms with Crippen LogP contribution in [0.4, 0.5) is 5.69 Å². The number of aromatic nitrogens is 3. The Labute approximate surface area is 123 Å². The van der Waals surface area contributed by atoms with Gasteiger partial charge in [0.05, 0.1) is 0 Å². The summed E-state index contributed by atoms with van der Waals surface area (Å²) < 4.78 is 1.73. The predicted molar refractivity (Wildman–Crippen MR) is 78.4 cm³/mol. The number of hydrogen-bond acceptors (Lipinski definition) is 3. The molecule has 1 aromatic carbocycles. The van der Waals surface area contributed by atoms with E-state index in [1.165, 1.54) is 0 Å². The molecule has 1 aromatic heterocycles. The van der Waals surface area contributed by atoms with E-state index in [2.05, 4.69) is 10.2 Å². The lowest BCUT2D eigenvalue weighted by molar-refractivity contribution is -0.119. The third-order valence-corrected chi connectivity index (χ3v) is 3.62. The quantitative estimate of drug-likeness (QED) is 0.796. The number of anilines is 1. The first-order chi connectivity index (χ1) is 9.59. The molecule has 0 aliphatic heterocycles. The second-order valence-electron chi connectivity index (χ2n) is 4.87. The number of nitrogens with zero attached hydrogens (tertiary/aromatic N) is 4. The number of rotatable bonds is 5. The lowest BCUT2D eigenvalue weighted by Crippen LogP contribution is -2.40. The fourth-order valence-corrected chi connectivity index (χ4v) is 1.90. The van der Waals surface area contributed by atoms with Gasteiger partial charge in [0, 0.05) is 5.69 Å². The van der Waals surface area contributed by atoms with Crippen molar-refractivity contribution in [1.82, 2.24) is 14.8 Å². The summed E-state index contributed by atoms with van der Waals surface area (Å²) in [6.45, 7) is 4.20. The Kier molecular flexibility index (Phi) is 4.74. The van der Waals surface area contributed by atoms with E-state index in [0.29, 0.717) is 6.67 Å². The third-order valence-electron chi connectivity index (χ3n) is 2.93. The molecule has 0 aliphatic rings. The zero-order valence-electron chi connectivity index (χ0n) is 11.5. The molecule has 5 nitrogen and oxygen atoms in total. The Morgan fingerprint density at radius 1 is 1.25 bits per heavy atom. The second kappa shape index (κ2) is 6.52. The van der Waals surface area contributed by atoms with E-state index < -0.39 is 5.38 Å². The lowest BCUT2D eigenvalue weighted by atomic mass is 10.1. The number of alkyl halides is 1. The standard InChI is InChI=1S/C14H17ClN4O/c1-11(2)13(15)14(20)19(10-18-8-16-17-9-18)12-6-4-3-5-7-12/h3-9,11,13H,10H2,1-2H3. The van der Waals surface area contributed by atoms with Gasteiger partial charge in [-0.1, -0.05) is 32.0 Å². The van der Waals surface area contributed by atoms with E-state index in [9.17, 15) is 4.79 Å². The van der Waals surface area contributed by atoms with Crippen molar-refractivity contribution >= 4 is 23.2 Å². The summed E-state index contributed by atoms with van der Waals surface area (Å²) in [5.41, 5.74) is 0.803. The molecule has 0 radical (unpaired) electrons. The van der Waals surface area contributed by atoms with Crippen LogP contribution in [0.3, 0.4) is 0 Å². The van der Waals surface area contributed by atoms with Crippen molar-refractivity contribution in [3.8, 4) is 0 Å². The van der Waals surface area contributed by atoms with E-state index in [1.807, 2.05) is 44.2 Å². The molecule has 1 unspecified atom stereocenters. The summed E-state index contributed by atoms with van der Waals surface area (Å²) in [5, 5.41) is 6.94. The smallest absolute Gasteiger partial charge is 0.246 e. The van der Waals surface area contributed by atoms with Gasteiger partial charge < -0.3 is 4.57 Å². The van der Waals surface area contributed by atoms with Crippen molar-refractivity contribution in [2.45, 2.75) is 25.9 Å². The maximum Gasteiger partial charge on any atom is 0.246 e. The number of hydrogen-bond donors (Lipinski definition) is 0. The number of carbonyl (C=O) groups excluding carboxylic acids is 1. The molecule has 1 atom stereocenters. The summed E-state index contributed by atoms with van der Waals surface area (Å²) in [7, 11) is 0. The van der Waals surface area contributed by atoms with Crippen LogP contribution in [0.5, 0.6) is 0 Å². The largest absolute Gasteiger partial charge is 0.301 e. The molecule has 0 saturated heterocycles. The third kappa shape index (κ3) is 3.36. The Morgan fingerprint density at radius 3 is 2.40 bits per heavy atom. The first kappa shape index (κ1) is 14.5. The first-order valence-electron chi connectivity index (χ1n) is 6.42. The van der Waals surface area contributed by atoms with E-state index in [4.69, 9.17) is 11.6 Å². The molecule has 0 N–H and O–H groups in total. The first-order valence-corrected chi connectivity index (χ1v) is 6.86. The van der Waals surface area contributed by atoms with Crippen LogP contribution >= 0.6 is 11.6 Å². The fraction of sp³-hybridized carbons (Fsp3) is 0.357. The Morgan fingerprint density at radius 2 is 1.85 bits per heavy atom. The van der Waals surface area contributed by atoms with Crippen molar-refractivity contribution in [1.29, 1.82) is 0 Å². The molecule has 6 heteroatoms. The summed E-state index contributed by atoms with van der Waals surface area (Å²) in [6.07, 6.45) is 3.14. The van der Waals surface area contributed by atoms with Crippen LogP contribution in [0.15, 0.2) is 43.0 Å². The summed E-state index contributed by atoms with van der Waals surface area (Å²) >= 11 is 6.22. The molecule has 1 heterocycles. The molecular formula is C14H17ClN4O. The minimum absolute atomic E-state index is 0.0660. The number of benzene rings is 1. The predicted octanol–water partition coefficient (Wildman–Crippen LogP) is 2.53. The van der Waals surface area contributed by atoms with Crippen LogP contribution in [0.25, 0.3) is 0 Å². The molecule has 2 aromatic rings. The van der Waals surface area contributed by atoms with Gasteiger partial charge in [-0.15, -0.1) is 21.8 Å². The Bertz CT molecular complexity index is 542. The maximum atomic E-state index is 12.6. The Hall–Kier alpha value is -1.88. The molecule has 0 saturated carbocycles. The van der Waals surface area contributed by atoms with Crippen molar-refractivity contribution in [3.05, 3.63) is 43.0 Å². The minimum Gasteiger partial charge on any atom is -0.301 e. The van der Waals surface area contributed by atoms with Crippen LogP contribution in [0, 0.1) is 5.92 Å². The molecule has 0 bridgehead atoms. The van der Waals surface area contributed by atoms with Crippen molar-refractivity contribution in [2.24, 2.45) is 5.92 Å². The van der Waals surface area contributed by atoms with Gasteiger partial charge >= 0.3 is 0 Å². The molecule has 0 fully saturated rings. The van der Waals surface area contributed by atoms with E-state index >= 15 is 0 Å².